The van der Waals surface area contributed by atoms with Gasteiger partial charge in [0.05, 0.1) is 11.6 Å². The van der Waals surface area contributed by atoms with E-state index in [0.717, 1.165) is 17.1 Å². The maximum absolute atomic E-state index is 13.7. The van der Waals surface area contributed by atoms with Crippen molar-refractivity contribution in [1.29, 1.82) is 0 Å². The fourth-order valence-corrected chi connectivity index (χ4v) is 3.32. The molecule has 0 aliphatic rings. The van der Waals surface area contributed by atoms with Crippen LogP contribution in [0.2, 0.25) is 0 Å². The first-order valence-electron chi connectivity index (χ1n) is 5.80. The minimum atomic E-state index is -3.90. The van der Waals surface area contributed by atoms with E-state index in [1.807, 2.05) is 0 Å². The molecule has 0 unspecified atom stereocenters. The molecule has 2 rings (SSSR count). The van der Waals surface area contributed by atoms with Crippen molar-refractivity contribution in [2.45, 2.75) is 17.9 Å². The van der Waals surface area contributed by atoms with E-state index in [9.17, 15) is 12.8 Å². The first-order valence-corrected chi connectivity index (χ1v) is 8.16. The van der Waals surface area contributed by atoms with Crippen LogP contribution < -0.4 is 4.72 Å². The molecule has 108 valence electrons. The number of aromatic nitrogens is 1. The maximum atomic E-state index is 13.7. The SMILES string of the molecule is O=S(=O)(NCCc1nccs1)c1ccc(CO)cc1F. The molecule has 0 spiro atoms. The molecule has 0 aliphatic heterocycles. The van der Waals surface area contributed by atoms with Crippen molar-refractivity contribution in [3.05, 3.63) is 46.2 Å². The normalized spacial score (nSPS) is 11.7. The van der Waals surface area contributed by atoms with Crippen LogP contribution in [0.15, 0.2) is 34.7 Å². The second kappa shape index (κ2) is 6.40. The largest absolute Gasteiger partial charge is 0.392 e. The van der Waals surface area contributed by atoms with Crippen LogP contribution in [0.4, 0.5) is 4.39 Å². The number of hydrogen-bond acceptors (Lipinski definition) is 5. The molecule has 1 aromatic heterocycles. The summed E-state index contributed by atoms with van der Waals surface area (Å²) in [5.41, 5.74) is 0.323. The Morgan fingerprint density at radius 1 is 1.40 bits per heavy atom. The standard InChI is InChI=1S/C12H13FN2O3S2/c13-10-7-9(8-16)1-2-11(10)20(17,18)15-4-3-12-14-5-6-19-12/h1-2,5-7,15-16H,3-4,8H2. The Morgan fingerprint density at radius 2 is 2.20 bits per heavy atom. The summed E-state index contributed by atoms with van der Waals surface area (Å²) in [5, 5.41) is 11.5. The molecule has 2 N–H and O–H groups in total. The van der Waals surface area contributed by atoms with Gasteiger partial charge in [0.15, 0.2) is 0 Å². The van der Waals surface area contributed by atoms with Gasteiger partial charge in [-0.1, -0.05) is 6.07 Å². The van der Waals surface area contributed by atoms with E-state index in [1.165, 1.54) is 17.4 Å². The Kier molecular flexibility index (Phi) is 4.81. The Bertz CT molecular complexity index is 672. The van der Waals surface area contributed by atoms with Gasteiger partial charge < -0.3 is 5.11 Å². The quantitative estimate of drug-likeness (QED) is 0.842. The van der Waals surface area contributed by atoms with Gasteiger partial charge in [-0.25, -0.2) is 22.5 Å². The molecule has 2 aromatic rings. The summed E-state index contributed by atoms with van der Waals surface area (Å²) in [6, 6.07) is 3.53. The Morgan fingerprint density at radius 3 is 2.80 bits per heavy atom. The first kappa shape index (κ1) is 15.0. The number of aliphatic hydroxyl groups is 1. The second-order valence-electron chi connectivity index (χ2n) is 4.00. The van der Waals surface area contributed by atoms with E-state index in [-0.39, 0.29) is 13.2 Å². The molecular formula is C12H13FN2O3S2. The molecule has 5 nitrogen and oxygen atoms in total. The molecule has 1 aromatic carbocycles. The number of thiazole rings is 1. The number of sulfonamides is 1. The number of hydrogen-bond donors (Lipinski definition) is 2. The van der Waals surface area contributed by atoms with Crippen LogP contribution in [0.3, 0.4) is 0 Å². The number of nitrogens with one attached hydrogen (secondary N) is 1. The summed E-state index contributed by atoms with van der Waals surface area (Å²) >= 11 is 1.43. The zero-order valence-corrected chi connectivity index (χ0v) is 12.0. The minimum absolute atomic E-state index is 0.150. The van der Waals surface area contributed by atoms with E-state index in [1.54, 1.807) is 11.6 Å². The highest BCUT2D eigenvalue weighted by Gasteiger charge is 2.18. The van der Waals surface area contributed by atoms with Crippen LogP contribution in [-0.4, -0.2) is 25.1 Å². The molecular weight excluding hydrogens is 303 g/mol. The second-order valence-corrected chi connectivity index (χ2v) is 6.71. The Hall–Kier alpha value is -1.35. The predicted molar refractivity (Wildman–Crippen MR) is 73.3 cm³/mol. The van der Waals surface area contributed by atoms with Crippen molar-refractivity contribution in [2.75, 3.05) is 6.54 Å². The summed E-state index contributed by atoms with van der Waals surface area (Å²) in [7, 11) is -3.90. The average Bonchev–Trinajstić information content (AvgIpc) is 2.91. The third-order valence-electron chi connectivity index (χ3n) is 2.58. The zero-order valence-electron chi connectivity index (χ0n) is 10.4. The van der Waals surface area contributed by atoms with Gasteiger partial charge in [0.25, 0.3) is 0 Å². The Balaban J connectivity index is 2.06. The van der Waals surface area contributed by atoms with Crippen molar-refractivity contribution in [1.82, 2.24) is 9.71 Å². The third-order valence-corrected chi connectivity index (χ3v) is 4.92. The molecule has 0 atom stereocenters. The highest BCUT2D eigenvalue weighted by molar-refractivity contribution is 7.89. The molecule has 0 bridgehead atoms. The van der Waals surface area contributed by atoms with E-state index < -0.39 is 20.7 Å². The van der Waals surface area contributed by atoms with Crippen LogP contribution in [0.25, 0.3) is 0 Å². The number of benzene rings is 1. The molecule has 0 amide bonds. The smallest absolute Gasteiger partial charge is 0.243 e. The van der Waals surface area contributed by atoms with Gasteiger partial charge in [-0.2, -0.15) is 0 Å². The maximum Gasteiger partial charge on any atom is 0.243 e. The fourth-order valence-electron chi connectivity index (χ4n) is 1.61. The lowest BCUT2D eigenvalue weighted by Gasteiger charge is -2.07. The minimum Gasteiger partial charge on any atom is -0.392 e. The van der Waals surface area contributed by atoms with E-state index >= 15 is 0 Å². The molecule has 0 saturated heterocycles. The summed E-state index contributed by atoms with van der Waals surface area (Å²) in [6.45, 7) is -0.189. The molecule has 0 radical (unpaired) electrons. The molecule has 0 fully saturated rings. The zero-order chi connectivity index (χ0) is 14.6. The molecule has 8 heteroatoms. The van der Waals surface area contributed by atoms with E-state index in [0.29, 0.717) is 12.0 Å². The van der Waals surface area contributed by atoms with Crippen LogP contribution in [0, 0.1) is 5.82 Å². The first-order chi connectivity index (χ1) is 9.53. The van der Waals surface area contributed by atoms with Gasteiger partial charge in [0, 0.05) is 24.5 Å². The van der Waals surface area contributed by atoms with Gasteiger partial charge in [-0.05, 0) is 17.7 Å². The van der Waals surface area contributed by atoms with Crippen LogP contribution in [0.1, 0.15) is 10.6 Å². The highest BCUT2D eigenvalue weighted by atomic mass is 32.2. The van der Waals surface area contributed by atoms with Crippen LogP contribution >= 0.6 is 11.3 Å². The summed E-state index contributed by atoms with van der Waals surface area (Å²) in [6.07, 6.45) is 2.09. The van der Waals surface area contributed by atoms with Crippen LogP contribution in [-0.2, 0) is 23.1 Å². The van der Waals surface area contributed by atoms with Crippen molar-refractivity contribution < 1.29 is 17.9 Å². The van der Waals surface area contributed by atoms with Gasteiger partial charge in [-0.3, -0.25) is 0 Å². The monoisotopic (exact) mass is 316 g/mol. The molecule has 1 heterocycles. The van der Waals surface area contributed by atoms with Crippen LogP contribution in [0.5, 0.6) is 0 Å². The Labute approximate surface area is 120 Å². The fraction of sp³-hybridized carbons (Fsp3) is 0.250. The van der Waals surface area contributed by atoms with Gasteiger partial charge >= 0.3 is 0 Å². The summed E-state index contributed by atoms with van der Waals surface area (Å²) in [4.78, 5) is 3.61. The predicted octanol–water partition coefficient (Wildman–Crippen LogP) is 1.30. The lowest BCUT2D eigenvalue weighted by Crippen LogP contribution is -2.26. The van der Waals surface area contributed by atoms with Gasteiger partial charge in [0.2, 0.25) is 10.0 Å². The van der Waals surface area contributed by atoms with E-state index in [4.69, 9.17) is 5.11 Å². The highest BCUT2D eigenvalue weighted by Crippen LogP contribution is 2.16. The van der Waals surface area contributed by atoms with Crippen molar-refractivity contribution in [3.8, 4) is 0 Å². The lowest BCUT2D eigenvalue weighted by atomic mass is 10.2. The lowest BCUT2D eigenvalue weighted by molar-refractivity contribution is 0.281. The van der Waals surface area contributed by atoms with Gasteiger partial charge in [-0.15, -0.1) is 11.3 Å². The number of rotatable bonds is 6. The van der Waals surface area contributed by atoms with Crippen molar-refractivity contribution in [3.63, 3.8) is 0 Å². The third kappa shape index (κ3) is 3.60. The molecule has 0 aliphatic carbocycles. The topological polar surface area (TPSA) is 79.3 Å². The van der Waals surface area contributed by atoms with Gasteiger partial charge in [0.1, 0.15) is 10.7 Å². The molecule has 0 saturated carbocycles. The van der Waals surface area contributed by atoms with Crippen molar-refractivity contribution in [2.24, 2.45) is 0 Å². The van der Waals surface area contributed by atoms with Crippen molar-refractivity contribution >= 4 is 21.4 Å². The summed E-state index contributed by atoms with van der Waals surface area (Å²) < 4.78 is 39.9. The molecule has 20 heavy (non-hydrogen) atoms. The number of nitrogens with zero attached hydrogens (tertiary/aromatic N) is 1. The average molecular weight is 316 g/mol. The number of halogens is 1. The van der Waals surface area contributed by atoms with E-state index in [2.05, 4.69) is 9.71 Å². The summed E-state index contributed by atoms with van der Waals surface area (Å²) in [5.74, 6) is -0.877. The number of aliphatic hydroxyl groups excluding tert-OH is 1.